The van der Waals surface area contributed by atoms with E-state index >= 15 is 0 Å². The van der Waals surface area contributed by atoms with Crippen molar-refractivity contribution in [3.8, 4) is 0 Å². The fraction of sp³-hybridized carbons (Fsp3) is 0.625. The third-order valence-electron chi connectivity index (χ3n) is 5.03. The van der Waals surface area contributed by atoms with Crippen LogP contribution in [0.4, 0.5) is 10.1 Å². The summed E-state index contributed by atoms with van der Waals surface area (Å²) in [4.78, 5) is 4.65. The van der Waals surface area contributed by atoms with Crippen LogP contribution in [-0.2, 0) is 0 Å². The smallest absolute Gasteiger partial charge is 0.128 e. The van der Waals surface area contributed by atoms with E-state index in [1.54, 1.807) is 13.0 Å². The van der Waals surface area contributed by atoms with Crippen LogP contribution in [0, 0.1) is 12.7 Å². The number of fused-ring (bicyclic) bond motifs is 1. The predicted octanol–water partition coefficient (Wildman–Crippen LogP) is 2.14. The van der Waals surface area contributed by atoms with Gasteiger partial charge in [-0.2, -0.15) is 0 Å². The summed E-state index contributed by atoms with van der Waals surface area (Å²) < 4.78 is 13.8. The fourth-order valence-corrected chi connectivity index (χ4v) is 3.82. The molecule has 110 valence electrons. The molecule has 20 heavy (non-hydrogen) atoms. The second kappa shape index (κ2) is 5.01. The van der Waals surface area contributed by atoms with Crippen LogP contribution >= 0.6 is 0 Å². The Balaban J connectivity index is 1.82. The lowest BCUT2D eigenvalue weighted by Gasteiger charge is -2.53. The molecular formula is C16H24FN3. The predicted molar refractivity (Wildman–Crippen MR) is 80.5 cm³/mol. The van der Waals surface area contributed by atoms with Crippen LogP contribution in [0.3, 0.4) is 0 Å². The van der Waals surface area contributed by atoms with E-state index in [0.717, 1.165) is 44.6 Å². The van der Waals surface area contributed by atoms with Crippen LogP contribution < -0.4 is 10.6 Å². The molecule has 2 heterocycles. The molecule has 1 aromatic carbocycles. The lowest BCUT2D eigenvalue weighted by atomic mass is 9.77. The number of piperidine rings is 2. The second-order valence-electron chi connectivity index (χ2n) is 6.48. The highest BCUT2D eigenvalue weighted by molar-refractivity contribution is 5.49. The van der Waals surface area contributed by atoms with Gasteiger partial charge in [-0.3, -0.25) is 0 Å². The van der Waals surface area contributed by atoms with Gasteiger partial charge in [-0.15, -0.1) is 0 Å². The zero-order valence-electron chi connectivity index (χ0n) is 12.4. The number of nitrogens with zero attached hydrogens (tertiary/aromatic N) is 2. The number of hydrogen-bond donors (Lipinski definition) is 1. The number of anilines is 1. The van der Waals surface area contributed by atoms with E-state index in [4.69, 9.17) is 5.73 Å². The number of rotatable bonds is 1. The van der Waals surface area contributed by atoms with Crippen LogP contribution in [0.15, 0.2) is 18.2 Å². The lowest BCUT2D eigenvalue weighted by Crippen LogP contribution is -2.69. The number of nitrogens with two attached hydrogens (primary N) is 1. The fourth-order valence-electron chi connectivity index (χ4n) is 3.82. The van der Waals surface area contributed by atoms with Crippen LogP contribution in [0.25, 0.3) is 0 Å². The van der Waals surface area contributed by atoms with Crippen LogP contribution in [0.5, 0.6) is 0 Å². The highest BCUT2D eigenvalue weighted by Crippen LogP contribution is 2.34. The number of likely N-dealkylation sites (N-methyl/N-ethyl adjacent to an activating group) is 1. The lowest BCUT2D eigenvalue weighted by molar-refractivity contribution is 0.0773. The topological polar surface area (TPSA) is 32.5 Å². The molecule has 2 fully saturated rings. The van der Waals surface area contributed by atoms with Crippen molar-refractivity contribution in [3.63, 3.8) is 0 Å². The van der Waals surface area contributed by atoms with Gasteiger partial charge in [0, 0.05) is 30.4 Å². The van der Waals surface area contributed by atoms with Crippen LogP contribution in [0.2, 0.25) is 0 Å². The van der Waals surface area contributed by atoms with Gasteiger partial charge in [0.2, 0.25) is 0 Å². The molecule has 2 aliphatic rings. The van der Waals surface area contributed by atoms with Crippen LogP contribution in [-0.4, -0.2) is 43.2 Å². The standard InChI is InChI=1S/C16H24FN3/c1-12-4-5-13(10-14(12)17)20-9-6-15-16(18,11-20)7-3-8-19(15)2/h4-5,10,15H,3,6-9,11,18H2,1-2H3. The third-order valence-corrected chi connectivity index (χ3v) is 5.03. The van der Waals surface area contributed by atoms with E-state index in [2.05, 4.69) is 16.8 Å². The SMILES string of the molecule is Cc1ccc(N2CCC3N(C)CCCC3(N)C2)cc1F. The monoisotopic (exact) mass is 277 g/mol. The minimum absolute atomic E-state index is 0.128. The van der Waals surface area contributed by atoms with Gasteiger partial charge in [-0.25, -0.2) is 4.39 Å². The average molecular weight is 277 g/mol. The maximum absolute atomic E-state index is 13.8. The molecule has 0 aromatic heterocycles. The Morgan fingerprint density at radius 1 is 1.35 bits per heavy atom. The number of benzene rings is 1. The van der Waals surface area contributed by atoms with Gasteiger partial charge in [-0.1, -0.05) is 6.07 Å². The maximum Gasteiger partial charge on any atom is 0.128 e. The van der Waals surface area contributed by atoms with Crippen molar-refractivity contribution in [1.82, 2.24) is 4.90 Å². The zero-order valence-corrected chi connectivity index (χ0v) is 12.4. The van der Waals surface area contributed by atoms with E-state index in [0.29, 0.717) is 11.6 Å². The molecule has 2 saturated heterocycles. The van der Waals surface area contributed by atoms with Crippen molar-refractivity contribution in [2.45, 2.75) is 37.8 Å². The molecule has 2 N–H and O–H groups in total. The number of hydrogen-bond acceptors (Lipinski definition) is 3. The molecule has 3 rings (SSSR count). The first-order valence-electron chi connectivity index (χ1n) is 7.50. The first kappa shape index (κ1) is 13.8. The summed E-state index contributed by atoms with van der Waals surface area (Å²) in [5.74, 6) is -0.128. The Labute approximate surface area is 120 Å². The van der Waals surface area contributed by atoms with Gasteiger partial charge in [-0.05, 0) is 57.5 Å². The van der Waals surface area contributed by atoms with E-state index in [1.165, 1.54) is 0 Å². The van der Waals surface area contributed by atoms with E-state index in [9.17, 15) is 4.39 Å². The molecule has 0 bridgehead atoms. The van der Waals surface area contributed by atoms with Gasteiger partial charge in [0.15, 0.2) is 0 Å². The van der Waals surface area contributed by atoms with Gasteiger partial charge >= 0.3 is 0 Å². The van der Waals surface area contributed by atoms with Crippen molar-refractivity contribution in [2.24, 2.45) is 5.73 Å². The van der Waals surface area contributed by atoms with Gasteiger partial charge < -0.3 is 15.5 Å². The van der Waals surface area contributed by atoms with Gasteiger partial charge in [0.1, 0.15) is 5.82 Å². The normalized spacial score (nSPS) is 31.2. The maximum atomic E-state index is 13.8. The van der Waals surface area contributed by atoms with Crippen LogP contribution in [0.1, 0.15) is 24.8 Å². The Morgan fingerprint density at radius 3 is 2.90 bits per heavy atom. The van der Waals surface area contributed by atoms with Crippen molar-refractivity contribution in [3.05, 3.63) is 29.6 Å². The number of halogens is 1. The molecule has 0 radical (unpaired) electrons. The largest absolute Gasteiger partial charge is 0.369 e. The Bertz CT molecular complexity index is 504. The van der Waals surface area contributed by atoms with Crippen molar-refractivity contribution >= 4 is 5.69 Å². The summed E-state index contributed by atoms with van der Waals surface area (Å²) in [7, 11) is 2.17. The minimum atomic E-state index is -0.160. The summed E-state index contributed by atoms with van der Waals surface area (Å²) in [6.45, 7) is 4.72. The average Bonchev–Trinajstić information content (AvgIpc) is 2.41. The highest BCUT2D eigenvalue weighted by atomic mass is 19.1. The molecule has 0 amide bonds. The molecule has 0 spiro atoms. The summed E-state index contributed by atoms with van der Waals surface area (Å²) in [5.41, 5.74) is 8.17. The second-order valence-corrected chi connectivity index (χ2v) is 6.48. The van der Waals surface area contributed by atoms with Crippen molar-refractivity contribution in [2.75, 3.05) is 31.6 Å². The molecule has 2 atom stereocenters. The molecule has 3 nitrogen and oxygen atoms in total. The molecule has 1 aromatic rings. The van der Waals surface area contributed by atoms with E-state index < -0.39 is 0 Å². The van der Waals surface area contributed by atoms with Gasteiger partial charge in [0.05, 0.1) is 0 Å². The van der Waals surface area contributed by atoms with Crippen molar-refractivity contribution < 1.29 is 4.39 Å². The Hall–Kier alpha value is -1.13. The van der Waals surface area contributed by atoms with E-state index in [-0.39, 0.29) is 11.4 Å². The molecular weight excluding hydrogens is 253 g/mol. The number of likely N-dealkylation sites (tertiary alicyclic amines) is 1. The quantitative estimate of drug-likeness (QED) is 0.853. The molecule has 4 heteroatoms. The zero-order chi connectivity index (χ0) is 14.3. The Kier molecular flexibility index (Phi) is 3.46. The summed E-state index contributed by atoms with van der Waals surface area (Å²) in [5, 5.41) is 0. The summed E-state index contributed by atoms with van der Waals surface area (Å²) >= 11 is 0. The molecule has 0 aliphatic carbocycles. The third kappa shape index (κ3) is 2.31. The molecule has 0 saturated carbocycles. The minimum Gasteiger partial charge on any atom is -0.369 e. The Morgan fingerprint density at radius 2 is 2.15 bits per heavy atom. The first-order valence-corrected chi connectivity index (χ1v) is 7.50. The number of aryl methyl sites for hydroxylation is 1. The van der Waals surface area contributed by atoms with Crippen molar-refractivity contribution in [1.29, 1.82) is 0 Å². The summed E-state index contributed by atoms with van der Waals surface area (Å²) in [6, 6.07) is 5.97. The first-order chi connectivity index (χ1) is 9.49. The highest BCUT2D eigenvalue weighted by Gasteiger charge is 2.44. The summed E-state index contributed by atoms with van der Waals surface area (Å²) in [6.07, 6.45) is 3.27. The van der Waals surface area contributed by atoms with E-state index in [1.807, 2.05) is 12.1 Å². The van der Waals surface area contributed by atoms with Gasteiger partial charge in [0.25, 0.3) is 0 Å². The molecule has 2 aliphatic heterocycles. The molecule has 2 unspecified atom stereocenters.